The first kappa shape index (κ1) is 16.8. The van der Waals surface area contributed by atoms with Crippen LogP contribution in [-0.4, -0.2) is 37.2 Å². The monoisotopic (exact) mass is 336 g/mol. The van der Waals surface area contributed by atoms with Gasteiger partial charge < -0.3 is 15.7 Å². The number of pyridine rings is 1. The second kappa shape index (κ2) is 7.23. The van der Waals surface area contributed by atoms with Gasteiger partial charge in [0.1, 0.15) is 0 Å². The predicted octanol–water partition coefficient (Wildman–Crippen LogP) is 2.86. The van der Waals surface area contributed by atoms with Crippen LogP contribution in [-0.2, 0) is 0 Å². The van der Waals surface area contributed by atoms with E-state index in [9.17, 15) is 5.11 Å². The third kappa shape index (κ3) is 4.95. The Bertz CT molecular complexity index is 818. The Balaban J connectivity index is 1.93. The van der Waals surface area contributed by atoms with Gasteiger partial charge in [-0.15, -0.1) is 0 Å². The Labute approximate surface area is 146 Å². The molecule has 0 bridgehead atoms. The van der Waals surface area contributed by atoms with Crippen LogP contribution < -0.4 is 10.6 Å². The molecule has 7 nitrogen and oxygen atoms in total. The molecule has 3 N–H and O–H groups in total. The van der Waals surface area contributed by atoms with E-state index in [4.69, 9.17) is 0 Å². The van der Waals surface area contributed by atoms with Crippen LogP contribution in [0.15, 0.2) is 54.9 Å². The van der Waals surface area contributed by atoms with E-state index in [0.29, 0.717) is 24.3 Å². The van der Waals surface area contributed by atoms with Gasteiger partial charge in [-0.2, -0.15) is 15.0 Å². The number of aromatic nitrogens is 4. The van der Waals surface area contributed by atoms with Crippen LogP contribution in [0.2, 0.25) is 0 Å². The smallest absolute Gasteiger partial charge is 0.232 e. The molecule has 2 aromatic heterocycles. The van der Waals surface area contributed by atoms with Gasteiger partial charge in [0.2, 0.25) is 11.9 Å². The summed E-state index contributed by atoms with van der Waals surface area (Å²) in [5, 5.41) is 16.1. The van der Waals surface area contributed by atoms with E-state index < -0.39 is 5.60 Å². The summed E-state index contributed by atoms with van der Waals surface area (Å²) in [5.74, 6) is 1.36. The first-order valence-electron chi connectivity index (χ1n) is 7.94. The fourth-order valence-electron chi connectivity index (χ4n) is 2.09. The van der Waals surface area contributed by atoms with Crippen LogP contribution in [0.5, 0.6) is 0 Å². The van der Waals surface area contributed by atoms with Gasteiger partial charge in [0.25, 0.3) is 0 Å². The van der Waals surface area contributed by atoms with Crippen LogP contribution in [0.25, 0.3) is 11.4 Å². The Morgan fingerprint density at radius 2 is 1.60 bits per heavy atom. The molecule has 0 aliphatic carbocycles. The number of aliphatic hydroxyl groups is 1. The zero-order valence-corrected chi connectivity index (χ0v) is 14.1. The Kier molecular flexibility index (Phi) is 4.85. The van der Waals surface area contributed by atoms with Gasteiger partial charge in [-0.25, -0.2) is 0 Å². The third-order valence-corrected chi connectivity index (χ3v) is 3.28. The fraction of sp³-hybridized carbons (Fsp3) is 0.222. The lowest BCUT2D eigenvalue weighted by molar-refractivity contribution is 0.0943. The highest BCUT2D eigenvalue weighted by Gasteiger charge is 2.14. The van der Waals surface area contributed by atoms with Crippen molar-refractivity contribution >= 4 is 17.6 Å². The van der Waals surface area contributed by atoms with E-state index in [1.165, 1.54) is 0 Å². The molecule has 0 saturated heterocycles. The maximum atomic E-state index is 9.91. The molecule has 0 amide bonds. The van der Waals surface area contributed by atoms with Gasteiger partial charge in [0, 0.05) is 30.2 Å². The summed E-state index contributed by atoms with van der Waals surface area (Å²) in [6.45, 7) is 3.75. The van der Waals surface area contributed by atoms with Crippen molar-refractivity contribution in [1.29, 1.82) is 0 Å². The first-order valence-corrected chi connectivity index (χ1v) is 7.94. The molecule has 3 aromatic rings. The molecule has 7 heteroatoms. The van der Waals surface area contributed by atoms with Crippen LogP contribution in [0, 0.1) is 0 Å². The minimum absolute atomic E-state index is 0.319. The highest BCUT2D eigenvalue weighted by Crippen LogP contribution is 2.20. The molecule has 0 aliphatic heterocycles. The van der Waals surface area contributed by atoms with Gasteiger partial charge >= 0.3 is 0 Å². The lowest BCUT2D eigenvalue weighted by atomic mass is 10.1. The minimum atomic E-state index is -0.877. The summed E-state index contributed by atoms with van der Waals surface area (Å²) in [4.78, 5) is 17.3. The van der Waals surface area contributed by atoms with Gasteiger partial charge in [-0.3, -0.25) is 4.98 Å². The number of nitrogens with one attached hydrogen (secondary N) is 2. The van der Waals surface area contributed by atoms with Crippen molar-refractivity contribution in [2.24, 2.45) is 0 Å². The average molecular weight is 336 g/mol. The van der Waals surface area contributed by atoms with Crippen molar-refractivity contribution in [2.45, 2.75) is 19.4 Å². The third-order valence-electron chi connectivity index (χ3n) is 3.28. The predicted molar refractivity (Wildman–Crippen MR) is 97.6 cm³/mol. The number of anilines is 3. The van der Waals surface area contributed by atoms with Crippen LogP contribution in [0.1, 0.15) is 13.8 Å². The SMILES string of the molecule is CC(C)(O)CNc1nc(Nc2ccncc2)nc(-c2ccccc2)n1. The number of rotatable bonds is 6. The number of hydrogen-bond donors (Lipinski definition) is 3. The second-order valence-electron chi connectivity index (χ2n) is 6.20. The molecular formula is C18H20N6O. The summed E-state index contributed by atoms with van der Waals surface area (Å²) < 4.78 is 0. The maximum absolute atomic E-state index is 9.91. The van der Waals surface area contributed by atoms with Crippen molar-refractivity contribution in [3.8, 4) is 11.4 Å². The Morgan fingerprint density at radius 3 is 2.28 bits per heavy atom. The molecule has 0 fully saturated rings. The molecule has 0 atom stereocenters. The van der Waals surface area contributed by atoms with E-state index in [0.717, 1.165) is 11.3 Å². The van der Waals surface area contributed by atoms with Gasteiger partial charge in [-0.05, 0) is 26.0 Å². The highest BCUT2D eigenvalue weighted by atomic mass is 16.3. The zero-order chi connectivity index (χ0) is 17.7. The number of nitrogens with zero attached hydrogens (tertiary/aromatic N) is 4. The molecule has 0 unspecified atom stereocenters. The summed E-state index contributed by atoms with van der Waals surface area (Å²) >= 11 is 0. The molecule has 1 aromatic carbocycles. The fourth-order valence-corrected chi connectivity index (χ4v) is 2.09. The Morgan fingerprint density at radius 1 is 0.920 bits per heavy atom. The highest BCUT2D eigenvalue weighted by molar-refractivity contribution is 5.60. The molecule has 0 aliphatic rings. The number of hydrogen-bond acceptors (Lipinski definition) is 7. The number of benzene rings is 1. The molecule has 0 spiro atoms. The second-order valence-corrected chi connectivity index (χ2v) is 6.20. The lowest BCUT2D eigenvalue weighted by Gasteiger charge is -2.18. The van der Waals surface area contributed by atoms with Crippen molar-refractivity contribution in [3.05, 3.63) is 54.9 Å². The quantitative estimate of drug-likeness (QED) is 0.637. The minimum Gasteiger partial charge on any atom is -0.389 e. The van der Waals surface area contributed by atoms with E-state index >= 15 is 0 Å². The van der Waals surface area contributed by atoms with E-state index in [2.05, 4.69) is 30.6 Å². The molecular weight excluding hydrogens is 316 g/mol. The van der Waals surface area contributed by atoms with Crippen molar-refractivity contribution < 1.29 is 5.11 Å². The summed E-state index contributed by atoms with van der Waals surface area (Å²) in [5.41, 5.74) is 0.834. The molecule has 2 heterocycles. The van der Waals surface area contributed by atoms with E-state index in [1.54, 1.807) is 26.2 Å². The van der Waals surface area contributed by atoms with Crippen LogP contribution in [0.4, 0.5) is 17.6 Å². The molecule has 3 rings (SSSR count). The van der Waals surface area contributed by atoms with Gasteiger partial charge in [0.05, 0.1) is 5.60 Å². The maximum Gasteiger partial charge on any atom is 0.232 e. The standard InChI is InChI=1S/C18H20N6O/c1-18(2,25)12-20-16-22-15(13-6-4-3-5-7-13)23-17(24-16)21-14-8-10-19-11-9-14/h3-11,25H,12H2,1-2H3,(H2,19,20,21,22,23,24). The molecule has 0 saturated carbocycles. The van der Waals surface area contributed by atoms with E-state index in [-0.39, 0.29) is 0 Å². The first-order chi connectivity index (χ1) is 12.0. The molecule has 128 valence electrons. The Hall–Kier alpha value is -3.06. The lowest BCUT2D eigenvalue weighted by Crippen LogP contribution is -2.30. The largest absolute Gasteiger partial charge is 0.389 e. The molecule has 25 heavy (non-hydrogen) atoms. The molecule has 0 radical (unpaired) electrons. The van der Waals surface area contributed by atoms with Gasteiger partial charge in [-0.1, -0.05) is 30.3 Å². The normalized spacial score (nSPS) is 11.2. The average Bonchev–Trinajstić information content (AvgIpc) is 2.61. The van der Waals surface area contributed by atoms with Crippen molar-refractivity contribution in [3.63, 3.8) is 0 Å². The summed E-state index contributed by atoms with van der Waals surface area (Å²) in [6, 6.07) is 13.3. The van der Waals surface area contributed by atoms with Gasteiger partial charge in [0.15, 0.2) is 5.82 Å². The summed E-state index contributed by atoms with van der Waals surface area (Å²) in [7, 11) is 0. The van der Waals surface area contributed by atoms with E-state index in [1.807, 2.05) is 42.5 Å². The van der Waals surface area contributed by atoms with Crippen molar-refractivity contribution in [1.82, 2.24) is 19.9 Å². The van der Waals surface area contributed by atoms with Crippen molar-refractivity contribution in [2.75, 3.05) is 17.2 Å². The topological polar surface area (TPSA) is 95.8 Å². The van der Waals surface area contributed by atoms with Crippen LogP contribution in [0.3, 0.4) is 0 Å². The summed E-state index contributed by atoms with van der Waals surface area (Å²) in [6.07, 6.45) is 3.38. The zero-order valence-electron chi connectivity index (χ0n) is 14.1. The van der Waals surface area contributed by atoms with Crippen LogP contribution >= 0.6 is 0 Å².